The summed E-state index contributed by atoms with van der Waals surface area (Å²) >= 11 is 0. The molecule has 3 aliphatic rings. The number of ether oxygens (including phenoxy) is 1. The molecule has 1 N–H and O–H groups in total. The van der Waals surface area contributed by atoms with Gasteiger partial charge in [-0.1, -0.05) is 0 Å². The summed E-state index contributed by atoms with van der Waals surface area (Å²) in [5.74, 6) is 1.43. The predicted molar refractivity (Wildman–Crippen MR) is 146 cm³/mol. The fraction of sp³-hybridized carbons (Fsp3) is 0.750. The molecule has 4 rings (SSSR count). The zero-order chi connectivity index (χ0) is 26.6. The van der Waals surface area contributed by atoms with Gasteiger partial charge in [-0.2, -0.15) is 0 Å². The maximum atomic E-state index is 13.2. The predicted octanol–water partition coefficient (Wildman–Crippen LogP) is 3.17. The fourth-order valence-corrected chi connectivity index (χ4v) is 7.86. The second-order valence-corrected chi connectivity index (χ2v) is 13.4. The molecule has 2 heterocycles. The average Bonchev–Trinajstić information content (AvgIpc) is 2.85. The summed E-state index contributed by atoms with van der Waals surface area (Å²) in [7, 11) is -0.581. The van der Waals surface area contributed by atoms with Gasteiger partial charge in [-0.15, -0.1) is 0 Å². The lowest BCUT2D eigenvalue weighted by atomic mass is 9.87. The van der Waals surface area contributed by atoms with E-state index in [1.807, 2.05) is 0 Å². The topological polar surface area (TPSA) is 82.2 Å². The van der Waals surface area contributed by atoms with E-state index >= 15 is 0 Å². The Kier molecular flexibility index (Phi) is 9.53. The Labute approximate surface area is 223 Å². The average molecular weight is 535 g/mol. The van der Waals surface area contributed by atoms with Crippen LogP contribution in [0.1, 0.15) is 62.5 Å². The van der Waals surface area contributed by atoms with E-state index in [2.05, 4.69) is 15.1 Å². The third-order valence-corrected chi connectivity index (χ3v) is 10.8. The van der Waals surface area contributed by atoms with Crippen LogP contribution in [0, 0.1) is 19.8 Å². The summed E-state index contributed by atoms with van der Waals surface area (Å²) in [4.78, 5) is 18.2. The van der Waals surface area contributed by atoms with E-state index in [4.69, 9.17) is 4.74 Å². The Balaban J connectivity index is 1.18. The number of hydrogen-bond acceptors (Lipinski definition) is 6. The Bertz CT molecular complexity index is 1000. The van der Waals surface area contributed by atoms with Gasteiger partial charge in [-0.25, -0.2) is 12.7 Å². The number of likely N-dealkylation sites (tertiary alicyclic amines) is 2. The van der Waals surface area contributed by atoms with Crippen molar-refractivity contribution in [2.75, 3.05) is 53.4 Å². The van der Waals surface area contributed by atoms with Crippen LogP contribution in [0.25, 0.3) is 0 Å². The molecule has 0 bridgehead atoms. The van der Waals surface area contributed by atoms with Gasteiger partial charge in [0.05, 0.1) is 12.0 Å². The van der Waals surface area contributed by atoms with Crippen molar-refractivity contribution in [3.05, 3.63) is 23.3 Å². The minimum atomic E-state index is -3.69. The van der Waals surface area contributed by atoms with Gasteiger partial charge in [0.1, 0.15) is 5.75 Å². The number of amides is 1. The molecule has 2 saturated heterocycles. The van der Waals surface area contributed by atoms with Gasteiger partial charge in [0.2, 0.25) is 15.9 Å². The number of nitrogens with zero attached hydrogens (tertiary/aromatic N) is 3. The van der Waals surface area contributed by atoms with E-state index in [0.717, 1.165) is 31.6 Å². The lowest BCUT2D eigenvalue weighted by Crippen LogP contribution is -2.48. The molecule has 0 spiro atoms. The Morgan fingerprint density at radius 1 is 1.03 bits per heavy atom. The summed E-state index contributed by atoms with van der Waals surface area (Å²) in [5.41, 5.74) is 1.29. The van der Waals surface area contributed by atoms with Gasteiger partial charge in [0, 0.05) is 38.6 Å². The van der Waals surface area contributed by atoms with E-state index in [1.54, 1.807) is 40.1 Å². The maximum Gasteiger partial charge on any atom is 0.243 e. The van der Waals surface area contributed by atoms with Gasteiger partial charge in [0.15, 0.2) is 0 Å². The maximum absolute atomic E-state index is 13.2. The SMILES string of the molecule is COc1cc(C)c(S(=O)(=O)N(C)CCC(=O)N[C@H]2CC[C@@H](N3CCC(CN4CCC4)CC3)CC2)c(C)c1. The quantitative estimate of drug-likeness (QED) is 0.497. The normalized spacial score (nSPS) is 24.1. The van der Waals surface area contributed by atoms with Crippen molar-refractivity contribution in [2.45, 2.75) is 82.2 Å². The number of carbonyl (C=O) groups excluding carboxylic acids is 1. The lowest BCUT2D eigenvalue weighted by Gasteiger charge is -2.42. The van der Waals surface area contributed by atoms with Crippen molar-refractivity contribution in [2.24, 2.45) is 5.92 Å². The van der Waals surface area contributed by atoms with Gasteiger partial charge < -0.3 is 19.9 Å². The van der Waals surface area contributed by atoms with Crippen molar-refractivity contribution in [1.82, 2.24) is 19.4 Å². The molecule has 37 heavy (non-hydrogen) atoms. The van der Waals surface area contributed by atoms with Crippen LogP contribution in [0.2, 0.25) is 0 Å². The van der Waals surface area contributed by atoms with E-state index in [9.17, 15) is 13.2 Å². The minimum Gasteiger partial charge on any atom is -0.497 e. The second-order valence-electron chi connectivity index (χ2n) is 11.4. The number of sulfonamides is 1. The van der Waals surface area contributed by atoms with Gasteiger partial charge in [0.25, 0.3) is 0 Å². The number of carbonyl (C=O) groups is 1. The molecule has 1 amide bonds. The summed E-state index contributed by atoms with van der Waals surface area (Å²) in [6.07, 6.45) is 8.44. The molecule has 9 heteroatoms. The Morgan fingerprint density at radius 3 is 2.19 bits per heavy atom. The highest BCUT2D eigenvalue weighted by atomic mass is 32.2. The van der Waals surface area contributed by atoms with E-state index < -0.39 is 10.0 Å². The molecular formula is C28H46N4O4S. The molecule has 208 valence electrons. The highest BCUT2D eigenvalue weighted by molar-refractivity contribution is 7.89. The minimum absolute atomic E-state index is 0.0690. The monoisotopic (exact) mass is 534 g/mol. The van der Waals surface area contributed by atoms with Crippen LogP contribution < -0.4 is 10.1 Å². The first kappa shape index (κ1) is 28.3. The molecular weight excluding hydrogens is 488 g/mol. The third kappa shape index (κ3) is 7.05. The molecule has 0 radical (unpaired) electrons. The summed E-state index contributed by atoms with van der Waals surface area (Å²) in [6.45, 7) is 10.0. The summed E-state index contributed by atoms with van der Waals surface area (Å²) < 4.78 is 32.9. The van der Waals surface area contributed by atoms with Crippen LogP contribution in [-0.2, 0) is 14.8 Å². The van der Waals surface area contributed by atoms with Crippen molar-refractivity contribution in [3.63, 3.8) is 0 Å². The molecule has 8 nitrogen and oxygen atoms in total. The standard InChI is InChI=1S/C28H46N4O4S/c1-21-18-26(36-4)19-22(2)28(21)37(34,35)30(3)15-12-27(33)29-24-6-8-25(9-7-24)32-16-10-23(11-17-32)20-31-13-5-14-31/h18-19,23-25H,5-17,20H2,1-4H3,(H,29,33)/t24-,25+. The van der Waals surface area contributed by atoms with E-state index in [-0.39, 0.29) is 24.9 Å². The zero-order valence-electron chi connectivity index (χ0n) is 23.2. The van der Waals surface area contributed by atoms with Crippen LogP contribution in [0.3, 0.4) is 0 Å². The van der Waals surface area contributed by atoms with Crippen molar-refractivity contribution in [3.8, 4) is 5.75 Å². The van der Waals surface area contributed by atoms with Gasteiger partial charge in [-0.3, -0.25) is 4.79 Å². The van der Waals surface area contributed by atoms with Crippen LogP contribution in [0.15, 0.2) is 17.0 Å². The first-order valence-electron chi connectivity index (χ1n) is 14.0. The second kappa shape index (κ2) is 12.5. The molecule has 1 aromatic carbocycles. The smallest absolute Gasteiger partial charge is 0.243 e. The Hall–Kier alpha value is -1.68. The largest absolute Gasteiger partial charge is 0.497 e. The molecule has 0 atom stereocenters. The van der Waals surface area contributed by atoms with Crippen molar-refractivity contribution >= 4 is 15.9 Å². The Morgan fingerprint density at radius 2 is 1.65 bits per heavy atom. The van der Waals surface area contributed by atoms with Crippen LogP contribution in [-0.4, -0.2) is 93.9 Å². The van der Waals surface area contributed by atoms with Crippen molar-refractivity contribution < 1.29 is 17.9 Å². The number of nitrogens with one attached hydrogen (secondary N) is 1. The van der Waals surface area contributed by atoms with E-state index in [1.165, 1.54) is 56.3 Å². The van der Waals surface area contributed by atoms with E-state index in [0.29, 0.717) is 27.8 Å². The molecule has 0 aromatic heterocycles. The lowest BCUT2D eigenvalue weighted by molar-refractivity contribution is -0.122. The summed E-state index contributed by atoms with van der Waals surface area (Å²) in [5, 5.41) is 3.17. The number of hydrogen-bond donors (Lipinski definition) is 1. The number of benzene rings is 1. The first-order chi connectivity index (χ1) is 17.7. The number of aryl methyl sites for hydroxylation is 2. The van der Waals surface area contributed by atoms with Crippen LogP contribution in [0.5, 0.6) is 5.75 Å². The highest BCUT2D eigenvalue weighted by Crippen LogP contribution is 2.29. The molecule has 2 aliphatic heterocycles. The number of methoxy groups -OCH3 is 1. The third-order valence-electron chi connectivity index (χ3n) is 8.68. The molecule has 1 aromatic rings. The van der Waals surface area contributed by atoms with Gasteiger partial charge in [-0.05, 0) is 114 Å². The number of piperidine rings is 1. The molecule has 3 fully saturated rings. The molecule has 1 saturated carbocycles. The van der Waals surface area contributed by atoms with Crippen LogP contribution in [0.4, 0.5) is 0 Å². The van der Waals surface area contributed by atoms with Crippen molar-refractivity contribution in [1.29, 1.82) is 0 Å². The molecule has 0 unspecified atom stereocenters. The fourth-order valence-electron chi connectivity index (χ4n) is 6.29. The number of rotatable bonds is 10. The highest BCUT2D eigenvalue weighted by Gasteiger charge is 2.31. The van der Waals surface area contributed by atoms with Gasteiger partial charge >= 0.3 is 0 Å². The first-order valence-corrected chi connectivity index (χ1v) is 15.5. The zero-order valence-corrected chi connectivity index (χ0v) is 24.0. The molecule has 1 aliphatic carbocycles. The van der Waals surface area contributed by atoms with Crippen LogP contribution >= 0.6 is 0 Å². The summed E-state index contributed by atoms with van der Waals surface area (Å²) in [6, 6.07) is 4.30.